The number of rotatable bonds is 6. The highest BCUT2D eigenvalue weighted by Gasteiger charge is 2.31. The van der Waals surface area contributed by atoms with Crippen LogP contribution in [-0.2, 0) is 13.5 Å². The van der Waals surface area contributed by atoms with Gasteiger partial charge in [0.25, 0.3) is 0 Å². The summed E-state index contributed by atoms with van der Waals surface area (Å²) in [5.41, 5.74) is 1.24. The highest BCUT2D eigenvalue weighted by Crippen LogP contribution is 2.36. The van der Waals surface area contributed by atoms with Crippen LogP contribution in [0.5, 0.6) is 0 Å². The molecule has 2 aromatic rings. The maximum Gasteiger partial charge on any atom is 0.190 e. The largest absolute Gasteiger partial charge is 0.356 e. The third-order valence-corrected chi connectivity index (χ3v) is 6.00. The Morgan fingerprint density at radius 3 is 2.89 bits per heavy atom. The Bertz CT molecular complexity index is 699. The van der Waals surface area contributed by atoms with Crippen molar-refractivity contribution in [1.29, 1.82) is 0 Å². The monoisotopic (exact) mass is 502 g/mol. The number of halogens is 1. The molecule has 0 aromatic carbocycles. The number of aryl methyl sites for hydroxylation is 1. The summed E-state index contributed by atoms with van der Waals surface area (Å²) in [6, 6.07) is 4.93. The molecule has 0 amide bonds. The topological polar surface area (TPSA) is 57.5 Å². The van der Waals surface area contributed by atoms with Gasteiger partial charge in [-0.2, -0.15) is 5.10 Å². The van der Waals surface area contributed by atoms with Gasteiger partial charge in [-0.05, 0) is 55.8 Å². The average molecular weight is 502 g/mol. The zero-order valence-corrected chi connectivity index (χ0v) is 19.5. The quantitative estimate of drug-likeness (QED) is 0.363. The van der Waals surface area contributed by atoms with Crippen molar-refractivity contribution in [1.82, 2.24) is 25.3 Å². The molecule has 1 aliphatic heterocycles. The molecule has 3 heterocycles. The van der Waals surface area contributed by atoms with Crippen molar-refractivity contribution < 1.29 is 0 Å². The van der Waals surface area contributed by atoms with E-state index in [1.807, 2.05) is 36.3 Å². The highest BCUT2D eigenvalue weighted by molar-refractivity contribution is 14.0. The number of guanidine groups is 1. The molecule has 2 unspecified atom stereocenters. The molecule has 3 rings (SSSR count). The normalized spacial score (nSPS) is 20.9. The number of hydrogen-bond donors (Lipinski definition) is 2. The van der Waals surface area contributed by atoms with Gasteiger partial charge in [-0.1, -0.05) is 6.07 Å². The minimum atomic E-state index is 0. The lowest BCUT2D eigenvalue weighted by atomic mass is 9.88. The summed E-state index contributed by atoms with van der Waals surface area (Å²) in [6.45, 7) is 2.97. The van der Waals surface area contributed by atoms with E-state index in [-0.39, 0.29) is 24.0 Å². The van der Waals surface area contributed by atoms with Crippen LogP contribution in [-0.4, -0.2) is 54.4 Å². The lowest BCUT2D eigenvalue weighted by Crippen LogP contribution is -2.45. The van der Waals surface area contributed by atoms with Crippen LogP contribution in [0.3, 0.4) is 0 Å². The molecule has 1 aliphatic rings. The summed E-state index contributed by atoms with van der Waals surface area (Å²) in [6.07, 6.45) is 7.44. The fourth-order valence-corrected chi connectivity index (χ4v) is 4.74. The van der Waals surface area contributed by atoms with E-state index in [1.165, 1.54) is 29.8 Å². The van der Waals surface area contributed by atoms with Gasteiger partial charge in [-0.3, -0.25) is 14.6 Å². The highest BCUT2D eigenvalue weighted by atomic mass is 127. The molecule has 2 aromatic heterocycles. The van der Waals surface area contributed by atoms with Gasteiger partial charge in [0.2, 0.25) is 0 Å². The molecular weight excluding hydrogens is 471 g/mol. The fraction of sp³-hybridized carbons (Fsp3) is 0.579. The van der Waals surface area contributed by atoms with E-state index in [4.69, 9.17) is 0 Å². The number of piperidine rings is 1. The third kappa shape index (κ3) is 6.18. The predicted molar refractivity (Wildman–Crippen MR) is 124 cm³/mol. The first-order chi connectivity index (χ1) is 12.7. The Balaban J connectivity index is 0.00000261. The van der Waals surface area contributed by atoms with Crippen molar-refractivity contribution in [2.45, 2.75) is 25.3 Å². The molecule has 2 atom stereocenters. The van der Waals surface area contributed by atoms with Gasteiger partial charge < -0.3 is 10.6 Å². The average Bonchev–Trinajstić information content (AvgIpc) is 3.30. The van der Waals surface area contributed by atoms with E-state index in [1.54, 1.807) is 0 Å². The summed E-state index contributed by atoms with van der Waals surface area (Å²) in [4.78, 5) is 8.35. The summed E-state index contributed by atoms with van der Waals surface area (Å²) in [7, 11) is 6.03. The lowest BCUT2D eigenvalue weighted by Gasteiger charge is -2.39. The van der Waals surface area contributed by atoms with Crippen LogP contribution >= 0.6 is 35.3 Å². The second kappa shape index (κ2) is 11.0. The number of hydrogen-bond acceptors (Lipinski definition) is 4. The van der Waals surface area contributed by atoms with E-state index in [9.17, 15) is 0 Å². The molecule has 2 N–H and O–H groups in total. The molecule has 6 nitrogen and oxygen atoms in total. The van der Waals surface area contributed by atoms with Crippen molar-refractivity contribution in [3.05, 3.63) is 40.3 Å². The number of nitrogens with zero attached hydrogens (tertiary/aromatic N) is 4. The van der Waals surface area contributed by atoms with Gasteiger partial charge in [-0.15, -0.1) is 35.3 Å². The first kappa shape index (κ1) is 22.2. The summed E-state index contributed by atoms with van der Waals surface area (Å²) in [5, 5.41) is 13.4. The SMILES string of the molecule is CN=C(NCCc1cnn(C)c1)NCC1CCCN(C)C1c1cccs1.I. The molecule has 0 bridgehead atoms. The third-order valence-electron chi connectivity index (χ3n) is 5.06. The van der Waals surface area contributed by atoms with E-state index in [0.29, 0.717) is 12.0 Å². The number of aliphatic imine (C=N–C) groups is 1. The number of nitrogens with one attached hydrogen (secondary N) is 2. The minimum Gasteiger partial charge on any atom is -0.356 e. The van der Waals surface area contributed by atoms with Crippen molar-refractivity contribution in [2.24, 2.45) is 18.0 Å². The molecule has 0 aliphatic carbocycles. The lowest BCUT2D eigenvalue weighted by molar-refractivity contribution is 0.125. The number of aromatic nitrogens is 2. The van der Waals surface area contributed by atoms with Gasteiger partial charge in [0.15, 0.2) is 5.96 Å². The Kier molecular flexibility index (Phi) is 9.04. The molecule has 0 radical (unpaired) electrons. The van der Waals surface area contributed by atoms with E-state index < -0.39 is 0 Å². The Hall–Kier alpha value is -1.13. The van der Waals surface area contributed by atoms with Gasteiger partial charge in [0.05, 0.1) is 6.20 Å². The zero-order chi connectivity index (χ0) is 18.4. The zero-order valence-electron chi connectivity index (χ0n) is 16.4. The maximum absolute atomic E-state index is 4.38. The molecule has 150 valence electrons. The van der Waals surface area contributed by atoms with Crippen molar-refractivity contribution in [3.63, 3.8) is 0 Å². The first-order valence-corrected chi connectivity index (χ1v) is 10.2. The Morgan fingerprint density at radius 2 is 2.22 bits per heavy atom. The molecular formula is C19H31IN6S. The summed E-state index contributed by atoms with van der Waals surface area (Å²) in [5.74, 6) is 1.48. The van der Waals surface area contributed by atoms with Crippen LogP contribution in [0.15, 0.2) is 34.9 Å². The molecule has 1 fully saturated rings. The van der Waals surface area contributed by atoms with Crippen LogP contribution in [0.1, 0.15) is 29.3 Å². The number of likely N-dealkylation sites (tertiary alicyclic amines) is 1. The molecule has 0 spiro atoms. The van der Waals surface area contributed by atoms with Crippen LogP contribution < -0.4 is 10.6 Å². The summed E-state index contributed by atoms with van der Waals surface area (Å²) < 4.78 is 1.84. The first-order valence-electron chi connectivity index (χ1n) is 9.33. The minimum absolute atomic E-state index is 0. The number of thiophene rings is 1. The van der Waals surface area contributed by atoms with E-state index >= 15 is 0 Å². The fourth-order valence-electron chi connectivity index (χ4n) is 3.76. The second-order valence-electron chi connectivity index (χ2n) is 7.00. The van der Waals surface area contributed by atoms with Gasteiger partial charge >= 0.3 is 0 Å². The standard InChI is InChI=1S/C19H30N6S.HI/c1-20-19(21-9-8-15-12-23-25(3)14-15)22-13-16-6-4-10-24(2)18(16)17-7-5-11-26-17;/h5,7,11-12,14,16,18H,4,6,8-10,13H2,1-3H3,(H2,20,21,22);1H. The predicted octanol–water partition coefficient (Wildman–Crippen LogP) is 2.89. The van der Waals surface area contributed by atoms with Gasteiger partial charge in [0.1, 0.15) is 0 Å². The molecule has 0 saturated carbocycles. The molecule has 27 heavy (non-hydrogen) atoms. The second-order valence-corrected chi connectivity index (χ2v) is 7.97. The van der Waals surface area contributed by atoms with Crippen LogP contribution in [0.4, 0.5) is 0 Å². The van der Waals surface area contributed by atoms with Crippen LogP contribution in [0.25, 0.3) is 0 Å². The van der Waals surface area contributed by atoms with Gasteiger partial charge in [0, 0.05) is 44.3 Å². The van der Waals surface area contributed by atoms with E-state index in [2.05, 4.69) is 56.4 Å². The van der Waals surface area contributed by atoms with Crippen molar-refractivity contribution in [2.75, 3.05) is 33.7 Å². The molecule has 8 heteroatoms. The Morgan fingerprint density at radius 1 is 1.37 bits per heavy atom. The van der Waals surface area contributed by atoms with Crippen LogP contribution in [0.2, 0.25) is 0 Å². The summed E-state index contributed by atoms with van der Waals surface area (Å²) >= 11 is 1.87. The van der Waals surface area contributed by atoms with Crippen molar-refractivity contribution in [3.8, 4) is 0 Å². The van der Waals surface area contributed by atoms with Crippen LogP contribution in [0, 0.1) is 5.92 Å². The van der Waals surface area contributed by atoms with Gasteiger partial charge in [-0.25, -0.2) is 0 Å². The Labute approximate surface area is 183 Å². The maximum atomic E-state index is 4.38. The van der Waals surface area contributed by atoms with Crippen molar-refractivity contribution >= 4 is 41.3 Å². The van der Waals surface area contributed by atoms with E-state index in [0.717, 1.165) is 25.5 Å². The molecule has 1 saturated heterocycles. The smallest absolute Gasteiger partial charge is 0.190 e.